The summed E-state index contributed by atoms with van der Waals surface area (Å²) in [5.41, 5.74) is 0.987. The quantitative estimate of drug-likeness (QED) is 0.783. The van der Waals surface area contributed by atoms with Gasteiger partial charge in [-0.3, -0.25) is 4.79 Å². The van der Waals surface area contributed by atoms with Crippen LogP contribution in [0.4, 0.5) is 10.1 Å². The zero-order chi connectivity index (χ0) is 13.1. The monoisotopic (exact) mass is 267 g/mol. The Morgan fingerprint density at radius 1 is 1.56 bits per heavy atom. The van der Waals surface area contributed by atoms with Crippen LogP contribution in [0, 0.1) is 5.82 Å². The summed E-state index contributed by atoms with van der Waals surface area (Å²) in [4.78, 5) is 13.8. The van der Waals surface area contributed by atoms with Crippen molar-refractivity contribution in [1.82, 2.24) is 0 Å². The van der Waals surface area contributed by atoms with E-state index in [9.17, 15) is 9.18 Å². The topological polar surface area (TPSA) is 20.3 Å². The second kappa shape index (κ2) is 5.74. The van der Waals surface area contributed by atoms with Crippen LogP contribution in [0.3, 0.4) is 0 Å². The molecule has 0 aliphatic carbocycles. The number of Topliss-reactive ketones (excluding diaryl/α,β-unsaturated/α-hetero) is 1. The van der Waals surface area contributed by atoms with Crippen LogP contribution in [-0.4, -0.2) is 29.9 Å². The molecule has 0 bridgehead atoms. The second-order valence-electron chi connectivity index (χ2n) is 4.54. The SMILES string of the molecule is CCC1CN(c2cccc(F)c2C(C)=O)CCS1. The summed E-state index contributed by atoms with van der Waals surface area (Å²) in [5.74, 6) is 0.424. The molecule has 18 heavy (non-hydrogen) atoms. The third-order valence-corrected chi connectivity index (χ3v) is 4.65. The van der Waals surface area contributed by atoms with E-state index in [-0.39, 0.29) is 11.3 Å². The van der Waals surface area contributed by atoms with Crippen molar-refractivity contribution in [3.05, 3.63) is 29.6 Å². The predicted octanol–water partition coefficient (Wildman–Crippen LogP) is 3.36. The number of nitrogens with zero attached hydrogens (tertiary/aromatic N) is 1. The Balaban J connectivity index is 2.32. The van der Waals surface area contributed by atoms with Gasteiger partial charge in [0.15, 0.2) is 5.78 Å². The molecule has 0 aromatic heterocycles. The fourth-order valence-electron chi connectivity index (χ4n) is 2.31. The second-order valence-corrected chi connectivity index (χ2v) is 5.95. The highest BCUT2D eigenvalue weighted by Gasteiger charge is 2.23. The van der Waals surface area contributed by atoms with E-state index in [1.165, 1.54) is 13.0 Å². The smallest absolute Gasteiger partial charge is 0.164 e. The van der Waals surface area contributed by atoms with E-state index in [2.05, 4.69) is 11.8 Å². The molecule has 1 saturated heterocycles. The number of halogens is 1. The predicted molar refractivity (Wildman–Crippen MR) is 75.2 cm³/mol. The average molecular weight is 267 g/mol. The highest BCUT2D eigenvalue weighted by molar-refractivity contribution is 8.00. The number of thioether (sulfide) groups is 1. The van der Waals surface area contributed by atoms with Gasteiger partial charge in [0.05, 0.1) is 11.3 Å². The third-order valence-electron chi connectivity index (χ3n) is 3.28. The molecule has 1 aliphatic heterocycles. The Bertz CT molecular complexity index is 449. The Hall–Kier alpha value is -1.03. The first-order chi connectivity index (χ1) is 8.63. The van der Waals surface area contributed by atoms with Crippen LogP contribution < -0.4 is 4.90 Å². The summed E-state index contributed by atoms with van der Waals surface area (Å²) < 4.78 is 13.8. The summed E-state index contributed by atoms with van der Waals surface area (Å²) in [5, 5.41) is 0.571. The standard InChI is InChI=1S/C14H18FNOS/c1-3-11-9-16(7-8-18-11)13-6-4-5-12(15)14(13)10(2)17/h4-6,11H,3,7-9H2,1-2H3. The highest BCUT2D eigenvalue weighted by atomic mass is 32.2. The molecule has 1 heterocycles. The minimum absolute atomic E-state index is 0.200. The maximum absolute atomic E-state index is 13.8. The minimum Gasteiger partial charge on any atom is -0.369 e. The van der Waals surface area contributed by atoms with Gasteiger partial charge in [-0.1, -0.05) is 13.0 Å². The van der Waals surface area contributed by atoms with Crippen molar-refractivity contribution in [1.29, 1.82) is 0 Å². The molecule has 0 spiro atoms. The fourth-order valence-corrected chi connectivity index (χ4v) is 3.49. The van der Waals surface area contributed by atoms with Crippen LogP contribution in [0.5, 0.6) is 0 Å². The Labute approximate surface area is 112 Å². The Morgan fingerprint density at radius 2 is 2.33 bits per heavy atom. The summed E-state index contributed by atoms with van der Waals surface area (Å²) in [7, 11) is 0. The molecule has 2 nitrogen and oxygen atoms in total. The van der Waals surface area contributed by atoms with Crippen LogP contribution in [0.2, 0.25) is 0 Å². The summed E-state index contributed by atoms with van der Waals surface area (Å²) >= 11 is 1.96. The van der Waals surface area contributed by atoms with E-state index >= 15 is 0 Å². The molecule has 0 saturated carbocycles. The third kappa shape index (κ3) is 2.69. The van der Waals surface area contributed by atoms with Gasteiger partial charge in [-0.15, -0.1) is 0 Å². The molecular formula is C14H18FNOS. The van der Waals surface area contributed by atoms with Crippen molar-refractivity contribution in [3.8, 4) is 0 Å². The molecule has 1 aliphatic rings. The summed E-state index contributed by atoms with van der Waals surface area (Å²) in [6.45, 7) is 5.37. The van der Waals surface area contributed by atoms with E-state index in [0.717, 1.165) is 31.0 Å². The van der Waals surface area contributed by atoms with Crippen molar-refractivity contribution in [2.24, 2.45) is 0 Å². The number of hydrogen-bond donors (Lipinski definition) is 0. The number of rotatable bonds is 3. The summed E-state index contributed by atoms with van der Waals surface area (Å²) in [6, 6.07) is 4.89. The zero-order valence-corrected chi connectivity index (χ0v) is 11.6. The zero-order valence-electron chi connectivity index (χ0n) is 10.8. The first kappa shape index (κ1) is 13.4. The van der Waals surface area contributed by atoms with Gasteiger partial charge in [-0.2, -0.15) is 11.8 Å². The van der Waals surface area contributed by atoms with Gasteiger partial charge in [0.25, 0.3) is 0 Å². The van der Waals surface area contributed by atoms with E-state index in [0.29, 0.717) is 5.25 Å². The molecule has 98 valence electrons. The molecule has 1 aromatic rings. The van der Waals surface area contributed by atoms with Gasteiger partial charge in [-0.25, -0.2) is 4.39 Å². The molecular weight excluding hydrogens is 249 g/mol. The van der Waals surface area contributed by atoms with Gasteiger partial charge >= 0.3 is 0 Å². The number of carbonyl (C=O) groups is 1. The molecule has 4 heteroatoms. The molecule has 0 N–H and O–H groups in total. The minimum atomic E-state index is -0.411. The lowest BCUT2D eigenvalue weighted by atomic mass is 10.1. The van der Waals surface area contributed by atoms with Crippen LogP contribution in [0.15, 0.2) is 18.2 Å². The van der Waals surface area contributed by atoms with Crippen LogP contribution in [-0.2, 0) is 0 Å². The lowest BCUT2D eigenvalue weighted by molar-refractivity contribution is 0.101. The van der Waals surface area contributed by atoms with Crippen molar-refractivity contribution in [3.63, 3.8) is 0 Å². The van der Waals surface area contributed by atoms with Crippen molar-refractivity contribution < 1.29 is 9.18 Å². The first-order valence-corrected chi connectivity index (χ1v) is 7.34. The van der Waals surface area contributed by atoms with Gasteiger partial charge < -0.3 is 4.90 Å². The lowest BCUT2D eigenvalue weighted by Crippen LogP contribution is -2.38. The van der Waals surface area contributed by atoms with E-state index in [1.807, 2.05) is 17.8 Å². The molecule has 2 rings (SSSR count). The number of hydrogen-bond acceptors (Lipinski definition) is 3. The van der Waals surface area contributed by atoms with Crippen LogP contribution in [0.25, 0.3) is 0 Å². The largest absolute Gasteiger partial charge is 0.369 e. The fraction of sp³-hybridized carbons (Fsp3) is 0.500. The Kier molecular flexibility index (Phi) is 4.27. The maximum Gasteiger partial charge on any atom is 0.164 e. The number of benzene rings is 1. The van der Waals surface area contributed by atoms with Crippen molar-refractivity contribution in [2.75, 3.05) is 23.7 Å². The van der Waals surface area contributed by atoms with Gasteiger partial charge in [-0.05, 0) is 25.5 Å². The number of ketones is 1. The number of anilines is 1. The van der Waals surface area contributed by atoms with Crippen LogP contribution in [0.1, 0.15) is 30.6 Å². The average Bonchev–Trinajstić information content (AvgIpc) is 2.38. The summed E-state index contributed by atoms with van der Waals surface area (Å²) in [6.07, 6.45) is 1.10. The molecule has 0 amide bonds. The molecule has 1 fully saturated rings. The number of carbonyl (C=O) groups excluding carboxylic acids is 1. The normalized spacial score (nSPS) is 19.9. The van der Waals surface area contributed by atoms with E-state index in [4.69, 9.17) is 0 Å². The first-order valence-electron chi connectivity index (χ1n) is 6.29. The molecule has 1 unspecified atom stereocenters. The maximum atomic E-state index is 13.8. The molecule has 1 aromatic carbocycles. The van der Waals surface area contributed by atoms with Gasteiger partial charge in [0.1, 0.15) is 5.82 Å². The van der Waals surface area contributed by atoms with Crippen molar-refractivity contribution >= 4 is 23.2 Å². The van der Waals surface area contributed by atoms with E-state index in [1.54, 1.807) is 6.07 Å². The van der Waals surface area contributed by atoms with Crippen LogP contribution >= 0.6 is 11.8 Å². The van der Waals surface area contributed by atoms with E-state index < -0.39 is 5.82 Å². The van der Waals surface area contributed by atoms with Gasteiger partial charge in [0, 0.05) is 24.1 Å². The van der Waals surface area contributed by atoms with Gasteiger partial charge in [0.2, 0.25) is 0 Å². The lowest BCUT2D eigenvalue weighted by Gasteiger charge is -2.34. The Morgan fingerprint density at radius 3 is 3.00 bits per heavy atom. The highest BCUT2D eigenvalue weighted by Crippen LogP contribution is 2.29. The molecule has 1 atom stereocenters. The van der Waals surface area contributed by atoms with Crippen molar-refractivity contribution in [2.45, 2.75) is 25.5 Å². The molecule has 0 radical (unpaired) electrons.